The third-order valence-electron chi connectivity index (χ3n) is 2.55. The summed E-state index contributed by atoms with van der Waals surface area (Å²) >= 11 is 0. The van der Waals surface area contributed by atoms with Gasteiger partial charge in [-0.3, -0.25) is 9.14 Å². The molecule has 0 spiro atoms. The molecule has 4 nitrogen and oxygen atoms in total. The van der Waals surface area contributed by atoms with Crippen LogP contribution in [0.2, 0.25) is 39.3 Å². The topological polar surface area (TPSA) is 44.1 Å². The van der Waals surface area contributed by atoms with Crippen molar-refractivity contribution in [2.45, 2.75) is 59.0 Å². The molecule has 0 unspecified atom stereocenters. The molecule has 0 bridgehead atoms. The maximum Gasteiger partial charge on any atom is 0.292 e. The van der Waals surface area contributed by atoms with Crippen molar-refractivity contribution >= 4 is 22.5 Å². The first-order valence-electron chi connectivity index (χ1n) is 6.77. The van der Waals surface area contributed by atoms with E-state index >= 15 is 0 Å². The molecule has 1 aromatic rings. The summed E-state index contributed by atoms with van der Waals surface area (Å²) in [5.74, 6) is -0.0832. The van der Waals surface area contributed by atoms with Gasteiger partial charge in [0.05, 0.1) is 5.69 Å². The van der Waals surface area contributed by atoms with Crippen molar-refractivity contribution < 1.29 is 9.22 Å². The van der Waals surface area contributed by atoms with Crippen LogP contribution in [-0.2, 0) is 15.6 Å². The Kier molecular flexibility index (Phi) is 4.78. The lowest BCUT2D eigenvalue weighted by molar-refractivity contribution is -0.135. The van der Waals surface area contributed by atoms with Crippen LogP contribution in [0.1, 0.15) is 17.8 Å². The third-order valence-corrected chi connectivity index (χ3v) is 5.04. The maximum absolute atomic E-state index is 11.8. The summed E-state index contributed by atoms with van der Waals surface area (Å²) in [7, 11) is -3.28. The zero-order chi connectivity index (χ0) is 14.8. The van der Waals surface area contributed by atoms with Gasteiger partial charge in [-0.25, -0.2) is 0 Å². The fourth-order valence-corrected chi connectivity index (χ4v) is 4.22. The van der Waals surface area contributed by atoms with Gasteiger partial charge < -0.3 is 4.43 Å². The van der Waals surface area contributed by atoms with E-state index in [1.54, 1.807) is 0 Å². The molecular formula is C13H26N2O2Si2. The van der Waals surface area contributed by atoms with E-state index in [0.29, 0.717) is 12.8 Å². The SMILES string of the molecule is Cc1cc(CCC(=O)O[Si](C)(C)C)n([Si](C)(C)C)n1. The first-order chi connectivity index (χ1) is 8.49. The summed E-state index contributed by atoms with van der Waals surface area (Å²) in [6.45, 7) is 14.8. The normalized spacial score (nSPS) is 12.6. The molecule has 1 aromatic heterocycles. The molecule has 1 heterocycles. The van der Waals surface area contributed by atoms with Crippen molar-refractivity contribution in [3.05, 3.63) is 17.5 Å². The minimum Gasteiger partial charge on any atom is -0.520 e. The molecule has 0 aliphatic carbocycles. The van der Waals surface area contributed by atoms with E-state index in [-0.39, 0.29) is 5.97 Å². The van der Waals surface area contributed by atoms with E-state index in [1.807, 2.05) is 26.6 Å². The number of carbonyl (C=O) groups is 1. The fourth-order valence-electron chi connectivity index (χ4n) is 1.93. The maximum atomic E-state index is 11.8. The van der Waals surface area contributed by atoms with Crippen molar-refractivity contribution in [3.8, 4) is 0 Å². The Balaban J connectivity index is 2.71. The highest BCUT2D eigenvalue weighted by Crippen LogP contribution is 2.15. The lowest BCUT2D eigenvalue weighted by Crippen LogP contribution is -2.35. The summed E-state index contributed by atoms with van der Waals surface area (Å²) in [4.78, 5) is 11.8. The van der Waals surface area contributed by atoms with Crippen LogP contribution in [0.4, 0.5) is 0 Å². The van der Waals surface area contributed by atoms with Gasteiger partial charge in [-0.1, -0.05) is 0 Å². The van der Waals surface area contributed by atoms with E-state index in [2.05, 4.69) is 35.2 Å². The minimum atomic E-state index is -1.77. The quantitative estimate of drug-likeness (QED) is 0.784. The molecule has 0 N–H and O–H groups in total. The summed E-state index contributed by atoms with van der Waals surface area (Å²) in [6.07, 6.45) is 1.16. The van der Waals surface area contributed by atoms with Crippen LogP contribution in [0, 0.1) is 6.92 Å². The van der Waals surface area contributed by atoms with Crippen LogP contribution >= 0.6 is 0 Å². The zero-order valence-electron chi connectivity index (χ0n) is 13.2. The van der Waals surface area contributed by atoms with Crippen molar-refractivity contribution in [3.63, 3.8) is 0 Å². The zero-order valence-corrected chi connectivity index (χ0v) is 15.2. The Hall–Kier alpha value is -0.886. The second-order valence-electron chi connectivity index (χ2n) is 6.95. The molecule has 108 valence electrons. The van der Waals surface area contributed by atoms with Gasteiger partial charge in [-0.05, 0) is 58.7 Å². The highest BCUT2D eigenvalue weighted by atomic mass is 28.4. The number of rotatable bonds is 5. The summed E-state index contributed by atoms with van der Waals surface area (Å²) < 4.78 is 7.62. The van der Waals surface area contributed by atoms with Gasteiger partial charge in [0.15, 0.2) is 8.24 Å². The van der Waals surface area contributed by atoms with Crippen LogP contribution in [0.25, 0.3) is 0 Å². The first-order valence-corrected chi connectivity index (χ1v) is 13.6. The van der Waals surface area contributed by atoms with Crippen LogP contribution in [0.5, 0.6) is 0 Å². The van der Waals surface area contributed by atoms with Gasteiger partial charge >= 0.3 is 0 Å². The molecule has 0 aromatic carbocycles. The lowest BCUT2D eigenvalue weighted by atomic mass is 10.2. The predicted molar refractivity (Wildman–Crippen MR) is 83.5 cm³/mol. The summed E-state index contributed by atoms with van der Waals surface area (Å²) in [5.41, 5.74) is 2.18. The number of nitrogens with zero attached hydrogens (tertiary/aromatic N) is 2. The van der Waals surface area contributed by atoms with Crippen molar-refractivity contribution in [1.29, 1.82) is 0 Å². The van der Waals surface area contributed by atoms with E-state index in [4.69, 9.17) is 4.43 Å². The van der Waals surface area contributed by atoms with Crippen molar-refractivity contribution in [2.24, 2.45) is 0 Å². The average Bonchev–Trinajstić information content (AvgIpc) is 2.53. The molecule has 0 atom stereocenters. The van der Waals surface area contributed by atoms with Gasteiger partial charge in [0.1, 0.15) is 0 Å². The minimum absolute atomic E-state index is 0.0832. The molecule has 0 saturated carbocycles. The Morgan fingerprint density at radius 3 is 2.32 bits per heavy atom. The molecule has 6 heteroatoms. The van der Waals surface area contributed by atoms with Crippen molar-refractivity contribution in [1.82, 2.24) is 9.45 Å². The highest BCUT2D eigenvalue weighted by Gasteiger charge is 2.23. The van der Waals surface area contributed by atoms with Gasteiger partial charge in [0.2, 0.25) is 8.32 Å². The Morgan fingerprint density at radius 1 is 1.26 bits per heavy atom. The predicted octanol–water partition coefficient (Wildman–Crippen LogP) is 3.19. The number of hydrogen-bond donors (Lipinski definition) is 0. The number of hydrogen-bond acceptors (Lipinski definition) is 3. The molecular weight excluding hydrogens is 272 g/mol. The van der Waals surface area contributed by atoms with Crippen LogP contribution in [0.15, 0.2) is 6.07 Å². The molecule has 0 aliphatic rings. The standard InChI is InChI=1S/C13H26N2O2Si2/c1-11-10-12(15(14-11)18(2,3)4)8-9-13(16)17-19(5,6)7/h10H,8-9H2,1-7H3. The highest BCUT2D eigenvalue weighted by molar-refractivity contribution is 6.74. The number of carbonyl (C=O) groups excluding carboxylic acids is 1. The number of aromatic nitrogens is 2. The van der Waals surface area contributed by atoms with Gasteiger partial charge in [0.25, 0.3) is 5.97 Å². The Morgan fingerprint density at radius 2 is 1.84 bits per heavy atom. The van der Waals surface area contributed by atoms with Crippen molar-refractivity contribution in [2.75, 3.05) is 0 Å². The van der Waals surface area contributed by atoms with Crippen LogP contribution in [-0.4, -0.2) is 32.0 Å². The second kappa shape index (κ2) is 5.62. The monoisotopic (exact) mass is 298 g/mol. The van der Waals surface area contributed by atoms with E-state index in [0.717, 1.165) is 11.4 Å². The van der Waals surface area contributed by atoms with E-state index < -0.39 is 16.6 Å². The van der Waals surface area contributed by atoms with Gasteiger partial charge in [-0.15, -0.1) is 0 Å². The lowest BCUT2D eigenvalue weighted by Gasteiger charge is -2.21. The molecule has 0 fully saturated rings. The second-order valence-corrected chi connectivity index (χ2v) is 16.1. The third kappa shape index (κ3) is 5.32. The first kappa shape index (κ1) is 16.2. The summed E-state index contributed by atoms with van der Waals surface area (Å²) in [6, 6.07) is 2.08. The van der Waals surface area contributed by atoms with E-state index in [9.17, 15) is 4.79 Å². The Bertz CT molecular complexity index is 456. The molecule has 0 saturated heterocycles. The Labute approximate surface area is 118 Å². The largest absolute Gasteiger partial charge is 0.520 e. The average molecular weight is 299 g/mol. The summed E-state index contributed by atoms with van der Waals surface area (Å²) in [5, 5.41) is 4.57. The smallest absolute Gasteiger partial charge is 0.292 e. The number of aryl methyl sites for hydroxylation is 2. The molecule has 0 aliphatic heterocycles. The molecule has 19 heavy (non-hydrogen) atoms. The van der Waals surface area contributed by atoms with Gasteiger partial charge in [-0.2, -0.15) is 5.10 Å². The molecule has 0 amide bonds. The van der Waals surface area contributed by atoms with Crippen LogP contribution < -0.4 is 0 Å². The molecule has 0 radical (unpaired) electrons. The molecule has 1 rings (SSSR count). The van der Waals surface area contributed by atoms with Gasteiger partial charge in [0, 0.05) is 12.1 Å². The van der Waals surface area contributed by atoms with E-state index in [1.165, 1.54) is 0 Å². The fraction of sp³-hybridized carbons (Fsp3) is 0.692. The van der Waals surface area contributed by atoms with Crippen LogP contribution in [0.3, 0.4) is 0 Å².